The molecular formula is C25H33NO2. The summed E-state index contributed by atoms with van der Waals surface area (Å²) in [5, 5.41) is 0. The Balaban J connectivity index is 1.74. The van der Waals surface area contributed by atoms with Crippen LogP contribution in [0.4, 0.5) is 0 Å². The van der Waals surface area contributed by atoms with Gasteiger partial charge in [0.2, 0.25) is 5.91 Å². The zero-order chi connectivity index (χ0) is 20.5. The molecule has 2 atom stereocenters. The first-order valence-corrected chi connectivity index (χ1v) is 10.2. The lowest BCUT2D eigenvalue weighted by molar-refractivity contribution is -0.138. The first-order chi connectivity index (χ1) is 13.2. The number of fused-ring (bicyclic) bond motifs is 1. The van der Waals surface area contributed by atoms with E-state index in [4.69, 9.17) is 4.74 Å². The number of rotatable bonds is 5. The predicted octanol–water partition coefficient (Wildman–Crippen LogP) is 5.85. The smallest absolute Gasteiger partial charge is 0.227 e. The van der Waals surface area contributed by atoms with Crippen LogP contribution in [0.3, 0.4) is 0 Å². The SMILES string of the molecule is COc1ccc(-c2ccc3c(c2)[C@H](C)C[C@H]3CCN(C)C(=O)C(C)(C)C)cc1. The van der Waals surface area contributed by atoms with Crippen LogP contribution in [0.25, 0.3) is 11.1 Å². The average molecular weight is 380 g/mol. The molecule has 28 heavy (non-hydrogen) atoms. The van der Waals surface area contributed by atoms with Crippen molar-refractivity contribution in [3.63, 3.8) is 0 Å². The van der Waals surface area contributed by atoms with Gasteiger partial charge in [0.15, 0.2) is 0 Å². The van der Waals surface area contributed by atoms with Crippen LogP contribution in [-0.4, -0.2) is 31.5 Å². The normalized spacial score (nSPS) is 18.6. The van der Waals surface area contributed by atoms with Gasteiger partial charge in [0, 0.05) is 19.0 Å². The van der Waals surface area contributed by atoms with Crippen molar-refractivity contribution in [1.29, 1.82) is 0 Å². The van der Waals surface area contributed by atoms with Gasteiger partial charge in [-0.25, -0.2) is 0 Å². The summed E-state index contributed by atoms with van der Waals surface area (Å²) in [5.41, 5.74) is 5.08. The highest BCUT2D eigenvalue weighted by Gasteiger charge is 2.30. The fourth-order valence-electron chi connectivity index (χ4n) is 4.31. The van der Waals surface area contributed by atoms with Gasteiger partial charge in [-0.1, -0.05) is 58.0 Å². The van der Waals surface area contributed by atoms with Gasteiger partial charge in [-0.2, -0.15) is 0 Å². The van der Waals surface area contributed by atoms with Crippen molar-refractivity contribution in [2.75, 3.05) is 20.7 Å². The Morgan fingerprint density at radius 3 is 2.32 bits per heavy atom. The van der Waals surface area contributed by atoms with Crippen molar-refractivity contribution in [3.8, 4) is 16.9 Å². The molecule has 3 nitrogen and oxygen atoms in total. The highest BCUT2D eigenvalue weighted by Crippen LogP contribution is 2.44. The van der Waals surface area contributed by atoms with Crippen LogP contribution < -0.4 is 4.74 Å². The summed E-state index contributed by atoms with van der Waals surface area (Å²) in [4.78, 5) is 14.3. The summed E-state index contributed by atoms with van der Waals surface area (Å²) >= 11 is 0. The molecule has 1 amide bonds. The number of amides is 1. The Labute approximate surface area is 169 Å². The first-order valence-electron chi connectivity index (χ1n) is 10.2. The molecule has 150 valence electrons. The van der Waals surface area contributed by atoms with Crippen LogP contribution in [0, 0.1) is 5.41 Å². The molecule has 0 aliphatic heterocycles. The largest absolute Gasteiger partial charge is 0.497 e. The van der Waals surface area contributed by atoms with E-state index in [9.17, 15) is 4.79 Å². The third-order valence-corrected chi connectivity index (χ3v) is 5.92. The number of ether oxygens (including phenoxy) is 1. The highest BCUT2D eigenvalue weighted by atomic mass is 16.5. The quantitative estimate of drug-likeness (QED) is 0.652. The molecule has 3 rings (SSSR count). The molecule has 3 heteroatoms. The Kier molecular flexibility index (Phi) is 5.83. The van der Waals surface area contributed by atoms with Crippen molar-refractivity contribution in [2.45, 2.75) is 52.4 Å². The standard InChI is InChI=1S/C25H33NO2/c1-17-15-20(13-14-26(5)24(27)25(2,3)4)22-12-9-19(16-23(17)22)18-7-10-21(28-6)11-8-18/h7-12,16-17,20H,13-15H2,1-6H3/t17-,20-/m1/s1. The van der Waals surface area contributed by atoms with Crippen molar-refractivity contribution in [1.82, 2.24) is 4.90 Å². The summed E-state index contributed by atoms with van der Waals surface area (Å²) in [6, 6.07) is 15.1. The number of carbonyl (C=O) groups excluding carboxylic acids is 1. The van der Waals surface area contributed by atoms with Gasteiger partial charge in [0.1, 0.15) is 5.75 Å². The van der Waals surface area contributed by atoms with Gasteiger partial charge in [-0.05, 0) is 59.1 Å². The average Bonchev–Trinajstić information content (AvgIpc) is 3.00. The topological polar surface area (TPSA) is 29.5 Å². The summed E-state index contributed by atoms with van der Waals surface area (Å²) in [7, 11) is 3.62. The molecule has 0 unspecified atom stereocenters. The van der Waals surface area contributed by atoms with E-state index >= 15 is 0 Å². The lowest BCUT2D eigenvalue weighted by atomic mass is 9.93. The number of methoxy groups -OCH3 is 1. The Morgan fingerprint density at radius 1 is 1.07 bits per heavy atom. The second kappa shape index (κ2) is 7.98. The lowest BCUT2D eigenvalue weighted by Gasteiger charge is -2.27. The Bertz CT molecular complexity index is 833. The number of benzene rings is 2. The monoisotopic (exact) mass is 379 g/mol. The van der Waals surface area contributed by atoms with Crippen molar-refractivity contribution < 1.29 is 9.53 Å². The molecule has 0 aromatic heterocycles. The maximum Gasteiger partial charge on any atom is 0.227 e. The molecule has 0 N–H and O–H groups in total. The van der Waals surface area contributed by atoms with Crippen LogP contribution >= 0.6 is 0 Å². The molecule has 0 bridgehead atoms. The molecule has 0 spiro atoms. The minimum atomic E-state index is -0.317. The van der Waals surface area contributed by atoms with E-state index in [1.54, 1.807) is 7.11 Å². The van der Waals surface area contributed by atoms with E-state index in [2.05, 4.69) is 37.3 Å². The first kappa shape index (κ1) is 20.4. The second-order valence-corrected chi connectivity index (χ2v) is 9.17. The number of carbonyl (C=O) groups is 1. The van der Waals surface area contributed by atoms with Gasteiger partial charge >= 0.3 is 0 Å². The van der Waals surface area contributed by atoms with Gasteiger partial charge in [-0.3, -0.25) is 4.79 Å². The van der Waals surface area contributed by atoms with Crippen LogP contribution in [0.2, 0.25) is 0 Å². The molecule has 2 aromatic rings. The Morgan fingerprint density at radius 2 is 1.71 bits per heavy atom. The van der Waals surface area contributed by atoms with Gasteiger partial charge in [-0.15, -0.1) is 0 Å². The zero-order valence-corrected chi connectivity index (χ0v) is 18.1. The fourth-order valence-corrected chi connectivity index (χ4v) is 4.31. The maximum atomic E-state index is 12.4. The fraction of sp³-hybridized carbons (Fsp3) is 0.480. The van der Waals surface area contributed by atoms with Gasteiger partial charge in [0.25, 0.3) is 0 Å². The Hall–Kier alpha value is -2.29. The molecular weight excluding hydrogens is 346 g/mol. The predicted molar refractivity (Wildman–Crippen MR) is 116 cm³/mol. The minimum absolute atomic E-state index is 0.216. The van der Waals surface area contributed by atoms with Gasteiger partial charge in [0.05, 0.1) is 7.11 Å². The second-order valence-electron chi connectivity index (χ2n) is 9.17. The molecule has 0 saturated heterocycles. The summed E-state index contributed by atoms with van der Waals surface area (Å²) in [5.74, 6) is 2.19. The molecule has 0 saturated carbocycles. The van der Waals surface area contributed by atoms with Crippen molar-refractivity contribution in [3.05, 3.63) is 53.6 Å². The summed E-state index contributed by atoms with van der Waals surface area (Å²) in [6.45, 7) is 9.09. The van der Waals surface area contributed by atoms with Crippen LogP contribution in [-0.2, 0) is 4.79 Å². The number of hydrogen-bond donors (Lipinski definition) is 0. The molecule has 2 aromatic carbocycles. The van der Waals surface area contributed by atoms with Crippen LogP contribution in [0.5, 0.6) is 5.75 Å². The van der Waals surface area contributed by atoms with E-state index in [0.717, 1.165) is 18.7 Å². The summed E-state index contributed by atoms with van der Waals surface area (Å²) < 4.78 is 5.27. The number of nitrogens with zero attached hydrogens (tertiary/aromatic N) is 1. The third-order valence-electron chi connectivity index (χ3n) is 5.92. The van der Waals surface area contributed by atoms with E-state index in [0.29, 0.717) is 11.8 Å². The maximum absolute atomic E-state index is 12.4. The van der Waals surface area contributed by atoms with E-state index in [1.807, 2.05) is 44.9 Å². The molecule has 0 fully saturated rings. The van der Waals surface area contributed by atoms with Crippen molar-refractivity contribution in [2.24, 2.45) is 5.41 Å². The van der Waals surface area contributed by atoms with Gasteiger partial charge < -0.3 is 9.64 Å². The third kappa shape index (κ3) is 4.24. The van der Waals surface area contributed by atoms with Crippen molar-refractivity contribution >= 4 is 5.91 Å². The van der Waals surface area contributed by atoms with Crippen LogP contribution in [0.1, 0.15) is 63.5 Å². The molecule has 1 aliphatic rings. The number of hydrogen-bond acceptors (Lipinski definition) is 2. The molecule has 1 aliphatic carbocycles. The van der Waals surface area contributed by atoms with E-state index < -0.39 is 0 Å². The minimum Gasteiger partial charge on any atom is -0.497 e. The molecule has 0 heterocycles. The van der Waals surface area contributed by atoms with E-state index in [1.165, 1.54) is 28.7 Å². The molecule has 0 radical (unpaired) electrons. The summed E-state index contributed by atoms with van der Waals surface area (Å²) in [6.07, 6.45) is 2.19. The van der Waals surface area contributed by atoms with Crippen LogP contribution in [0.15, 0.2) is 42.5 Å². The zero-order valence-electron chi connectivity index (χ0n) is 18.1. The highest BCUT2D eigenvalue weighted by molar-refractivity contribution is 5.81. The van der Waals surface area contributed by atoms with E-state index in [-0.39, 0.29) is 11.3 Å². The lowest BCUT2D eigenvalue weighted by Crippen LogP contribution is -2.37.